The summed E-state index contributed by atoms with van der Waals surface area (Å²) in [7, 11) is 0. The molecule has 3 heterocycles. The molecule has 2 aromatic carbocycles. The van der Waals surface area contributed by atoms with Gasteiger partial charge in [-0.2, -0.15) is 0 Å². The number of hydrogen-bond donors (Lipinski definition) is 2. The smallest absolute Gasteiger partial charge is 0.261 e. The van der Waals surface area contributed by atoms with Gasteiger partial charge in [-0.25, -0.2) is 19.4 Å². The summed E-state index contributed by atoms with van der Waals surface area (Å²) in [6, 6.07) is 12.7. The Morgan fingerprint density at radius 1 is 1.13 bits per heavy atom. The predicted molar refractivity (Wildman–Crippen MR) is 180 cm³/mol. The summed E-state index contributed by atoms with van der Waals surface area (Å²) in [4.78, 5) is 35.4. The lowest BCUT2D eigenvalue weighted by Crippen LogP contribution is -2.57. The third-order valence-electron chi connectivity index (χ3n) is 10.8. The van der Waals surface area contributed by atoms with Gasteiger partial charge in [0.2, 0.25) is 0 Å². The lowest BCUT2D eigenvalue weighted by molar-refractivity contribution is -0.108. The fraction of sp³-hybridized carbons (Fsp3) is 0.472. The van der Waals surface area contributed by atoms with E-state index in [1.54, 1.807) is 35.3 Å². The first-order chi connectivity index (χ1) is 22.2. The molecule has 2 N–H and O–H groups in total. The highest BCUT2D eigenvalue weighted by molar-refractivity contribution is 5.96. The van der Waals surface area contributed by atoms with Gasteiger partial charge in [0.25, 0.3) is 5.56 Å². The van der Waals surface area contributed by atoms with Crippen molar-refractivity contribution in [2.45, 2.75) is 65.6 Å². The Morgan fingerprint density at radius 3 is 2.67 bits per heavy atom. The SMILES string of the molecule is C[C@@H]1[C@@H](N=C(Nc2ccc3c(=O)n(CCc4ccc(F)cc4)c(-c4cnccn4)nc3c2)N2CCN[C@@H](C)C2)C[C@@H]2C[C@H]1C2(C)C. The van der Waals surface area contributed by atoms with Crippen LogP contribution in [0.25, 0.3) is 22.4 Å². The van der Waals surface area contributed by atoms with Gasteiger partial charge in [-0.1, -0.05) is 32.9 Å². The molecule has 1 aliphatic heterocycles. The van der Waals surface area contributed by atoms with Crippen LogP contribution in [0.1, 0.15) is 46.1 Å². The van der Waals surface area contributed by atoms with Crippen LogP contribution in [-0.4, -0.2) is 62.1 Å². The van der Waals surface area contributed by atoms with Crippen LogP contribution in [0.15, 0.2) is 70.8 Å². The summed E-state index contributed by atoms with van der Waals surface area (Å²) in [5.74, 6) is 3.01. The van der Waals surface area contributed by atoms with E-state index in [0.29, 0.717) is 58.7 Å². The molecule has 3 saturated carbocycles. The lowest BCUT2D eigenvalue weighted by atomic mass is 9.45. The summed E-state index contributed by atoms with van der Waals surface area (Å²) in [5.41, 5.74) is 3.12. The molecule has 0 unspecified atom stereocenters. The van der Waals surface area contributed by atoms with E-state index in [-0.39, 0.29) is 17.4 Å². The van der Waals surface area contributed by atoms with Gasteiger partial charge < -0.3 is 15.5 Å². The van der Waals surface area contributed by atoms with E-state index < -0.39 is 0 Å². The van der Waals surface area contributed by atoms with E-state index in [4.69, 9.17) is 9.98 Å². The quantitative estimate of drug-likeness (QED) is 0.220. The molecular formula is C36H43FN8O. The zero-order chi connectivity index (χ0) is 32.0. The first-order valence-electron chi connectivity index (χ1n) is 16.6. The number of halogens is 1. The maximum absolute atomic E-state index is 14.0. The van der Waals surface area contributed by atoms with Crippen LogP contribution >= 0.6 is 0 Å². The number of guanidine groups is 1. The molecule has 0 spiro atoms. The van der Waals surface area contributed by atoms with Crippen molar-refractivity contribution in [2.24, 2.45) is 28.2 Å². The Kier molecular flexibility index (Phi) is 8.09. The fourth-order valence-electron chi connectivity index (χ4n) is 7.91. The normalized spacial score (nSPS) is 25.7. The molecule has 4 fully saturated rings. The Bertz CT molecular complexity index is 1810. The third kappa shape index (κ3) is 5.79. The maximum atomic E-state index is 14.0. The molecule has 9 nitrogen and oxygen atoms in total. The number of fused-ring (bicyclic) bond motifs is 3. The monoisotopic (exact) mass is 622 g/mol. The molecule has 8 rings (SSSR count). The fourth-order valence-corrected chi connectivity index (χ4v) is 7.91. The molecule has 0 radical (unpaired) electrons. The van der Waals surface area contributed by atoms with Crippen molar-refractivity contribution in [1.29, 1.82) is 0 Å². The van der Waals surface area contributed by atoms with E-state index in [1.807, 2.05) is 18.2 Å². The Hall–Kier alpha value is -4.18. The van der Waals surface area contributed by atoms with Gasteiger partial charge in [-0.3, -0.25) is 14.3 Å². The minimum Gasteiger partial charge on any atom is -0.340 e. The molecule has 46 heavy (non-hydrogen) atoms. The van der Waals surface area contributed by atoms with Gasteiger partial charge in [0.15, 0.2) is 11.8 Å². The number of piperazine rings is 1. The molecule has 4 aliphatic rings. The molecule has 0 amide bonds. The zero-order valence-corrected chi connectivity index (χ0v) is 27.1. The minimum absolute atomic E-state index is 0.151. The highest BCUT2D eigenvalue weighted by Crippen LogP contribution is 2.61. The minimum atomic E-state index is -0.286. The van der Waals surface area contributed by atoms with E-state index in [0.717, 1.165) is 49.2 Å². The molecular weight excluding hydrogens is 579 g/mol. The summed E-state index contributed by atoms with van der Waals surface area (Å²) in [6.45, 7) is 12.4. The van der Waals surface area contributed by atoms with Crippen molar-refractivity contribution < 1.29 is 4.39 Å². The topological polar surface area (TPSA) is 100 Å². The van der Waals surface area contributed by atoms with Crippen LogP contribution in [0.5, 0.6) is 0 Å². The number of aliphatic imine (C=N–C) groups is 1. The Balaban J connectivity index is 1.23. The van der Waals surface area contributed by atoms with Crippen LogP contribution in [0.4, 0.5) is 10.1 Å². The van der Waals surface area contributed by atoms with Gasteiger partial charge in [0.1, 0.15) is 11.5 Å². The van der Waals surface area contributed by atoms with E-state index in [9.17, 15) is 9.18 Å². The second-order valence-electron chi connectivity index (χ2n) is 14.0. The Labute approximate surface area is 269 Å². The van der Waals surface area contributed by atoms with Crippen molar-refractivity contribution in [3.05, 3.63) is 82.8 Å². The predicted octanol–water partition coefficient (Wildman–Crippen LogP) is 5.37. The summed E-state index contributed by atoms with van der Waals surface area (Å²) < 4.78 is 15.1. The molecule has 2 aromatic heterocycles. The van der Waals surface area contributed by atoms with Crippen LogP contribution in [0.2, 0.25) is 0 Å². The summed E-state index contributed by atoms with van der Waals surface area (Å²) >= 11 is 0. The van der Waals surface area contributed by atoms with E-state index in [1.165, 1.54) is 18.6 Å². The largest absolute Gasteiger partial charge is 0.340 e. The van der Waals surface area contributed by atoms with Gasteiger partial charge in [0, 0.05) is 50.3 Å². The lowest BCUT2D eigenvalue weighted by Gasteiger charge is -2.61. The summed E-state index contributed by atoms with van der Waals surface area (Å²) in [6.07, 6.45) is 7.81. The average molecular weight is 623 g/mol. The zero-order valence-electron chi connectivity index (χ0n) is 27.1. The average Bonchev–Trinajstić information content (AvgIpc) is 3.05. The van der Waals surface area contributed by atoms with Crippen LogP contribution in [-0.2, 0) is 13.0 Å². The Morgan fingerprint density at radius 2 is 1.96 bits per heavy atom. The number of benzene rings is 2. The molecule has 2 bridgehead atoms. The number of nitrogens with zero attached hydrogens (tertiary/aromatic N) is 6. The molecule has 5 atom stereocenters. The van der Waals surface area contributed by atoms with Crippen LogP contribution in [0, 0.1) is 29.0 Å². The number of anilines is 1. The second-order valence-corrected chi connectivity index (χ2v) is 14.0. The van der Waals surface area contributed by atoms with E-state index >= 15 is 0 Å². The molecule has 1 saturated heterocycles. The highest BCUT2D eigenvalue weighted by atomic mass is 19.1. The standard InChI is InChI=1S/C36H43FN8O/c1-22-21-44(16-14-39-22)35(43-30-18-25-17-29(23(30)2)36(25,3)4)41-27-9-10-28-31(19-27)42-33(32-20-38-12-13-40-32)45(34(28)46)15-11-24-5-7-26(37)8-6-24/h5-10,12-13,19-20,22-23,25,29-30,39H,11,14-18,21H2,1-4H3,(H,41,43)/t22-,23-,25-,29+,30-/m0/s1. The van der Waals surface area contributed by atoms with Gasteiger partial charge in [-0.15, -0.1) is 0 Å². The second kappa shape index (κ2) is 12.2. The third-order valence-corrected chi connectivity index (χ3v) is 10.8. The van der Waals surface area contributed by atoms with Gasteiger partial charge >= 0.3 is 0 Å². The molecule has 240 valence electrons. The van der Waals surface area contributed by atoms with Crippen molar-refractivity contribution in [2.75, 3.05) is 25.0 Å². The van der Waals surface area contributed by atoms with Gasteiger partial charge in [-0.05, 0) is 85.3 Å². The first-order valence-corrected chi connectivity index (χ1v) is 16.6. The molecule has 10 heteroatoms. The number of aryl methyl sites for hydroxylation is 1. The molecule has 4 aromatic rings. The van der Waals surface area contributed by atoms with Crippen molar-refractivity contribution in [3.8, 4) is 11.5 Å². The number of rotatable bonds is 6. The first kappa shape index (κ1) is 30.5. The van der Waals surface area contributed by atoms with Crippen molar-refractivity contribution in [1.82, 2.24) is 29.7 Å². The highest BCUT2D eigenvalue weighted by Gasteiger charge is 2.56. The van der Waals surface area contributed by atoms with Crippen molar-refractivity contribution in [3.63, 3.8) is 0 Å². The summed E-state index contributed by atoms with van der Waals surface area (Å²) in [5, 5.41) is 7.74. The van der Waals surface area contributed by atoms with Crippen LogP contribution < -0.4 is 16.2 Å². The molecule has 3 aliphatic carbocycles. The van der Waals surface area contributed by atoms with Gasteiger partial charge in [0.05, 0.1) is 23.1 Å². The number of hydrogen-bond acceptors (Lipinski definition) is 6. The maximum Gasteiger partial charge on any atom is 0.261 e. The van der Waals surface area contributed by atoms with Crippen LogP contribution in [0.3, 0.4) is 0 Å². The van der Waals surface area contributed by atoms with Crippen molar-refractivity contribution >= 4 is 22.5 Å². The number of nitrogens with one attached hydrogen (secondary N) is 2. The van der Waals surface area contributed by atoms with E-state index in [2.05, 4.69) is 53.2 Å². The number of aromatic nitrogens is 4.